The van der Waals surface area contributed by atoms with Crippen LogP contribution < -0.4 is 5.32 Å². The van der Waals surface area contributed by atoms with Gasteiger partial charge in [0.2, 0.25) is 0 Å². The number of aromatic nitrogens is 2. The quantitative estimate of drug-likeness (QED) is 0.842. The number of hydrogen-bond donors (Lipinski definition) is 1. The molecule has 0 atom stereocenters. The monoisotopic (exact) mass is 283 g/mol. The standard InChI is InChI=1S/C14H22ClN3O/c1-3-4-12-17-11(15)9-13(18-12)16-10-14(2)5-7-19-8-6-14/h9H,3-8,10H2,1-2H3,(H,16,17,18). The van der Waals surface area contributed by atoms with E-state index in [0.29, 0.717) is 5.15 Å². The van der Waals surface area contributed by atoms with Crippen LogP contribution in [0.1, 0.15) is 38.9 Å². The first-order valence-electron chi connectivity index (χ1n) is 6.96. The van der Waals surface area contributed by atoms with Crippen LogP contribution in [0.15, 0.2) is 6.07 Å². The molecule has 1 aromatic heterocycles. The second-order valence-electron chi connectivity index (χ2n) is 5.52. The summed E-state index contributed by atoms with van der Waals surface area (Å²) in [6, 6.07) is 1.80. The van der Waals surface area contributed by atoms with Crippen molar-refractivity contribution in [3.8, 4) is 0 Å². The van der Waals surface area contributed by atoms with Gasteiger partial charge >= 0.3 is 0 Å². The lowest BCUT2D eigenvalue weighted by Gasteiger charge is -2.33. The zero-order valence-electron chi connectivity index (χ0n) is 11.7. The summed E-state index contributed by atoms with van der Waals surface area (Å²) >= 11 is 6.03. The Labute approximate surface area is 119 Å². The van der Waals surface area contributed by atoms with Crippen molar-refractivity contribution in [1.82, 2.24) is 9.97 Å². The molecule has 0 aromatic carbocycles. The highest BCUT2D eigenvalue weighted by molar-refractivity contribution is 6.29. The number of anilines is 1. The van der Waals surface area contributed by atoms with Crippen LogP contribution in [0.5, 0.6) is 0 Å². The van der Waals surface area contributed by atoms with Gasteiger partial charge in [0, 0.05) is 32.2 Å². The van der Waals surface area contributed by atoms with Crippen molar-refractivity contribution in [3.05, 3.63) is 17.0 Å². The van der Waals surface area contributed by atoms with E-state index >= 15 is 0 Å². The maximum Gasteiger partial charge on any atom is 0.134 e. The molecule has 19 heavy (non-hydrogen) atoms. The first kappa shape index (κ1) is 14.5. The highest BCUT2D eigenvalue weighted by Gasteiger charge is 2.27. The van der Waals surface area contributed by atoms with Gasteiger partial charge in [0.05, 0.1) is 0 Å². The lowest BCUT2D eigenvalue weighted by atomic mass is 9.82. The van der Waals surface area contributed by atoms with Crippen LogP contribution in [0.2, 0.25) is 5.15 Å². The van der Waals surface area contributed by atoms with Crippen molar-refractivity contribution in [3.63, 3.8) is 0 Å². The van der Waals surface area contributed by atoms with Crippen LogP contribution in [-0.2, 0) is 11.2 Å². The van der Waals surface area contributed by atoms with Crippen molar-refractivity contribution < 1.29 is 4.74 Å². The third-order valence-electron chi connectivity index (χ3n) is 3.61. The number of nitrogens with zero attached hydrogens (tertiary/aromatic N) is 2. The van der Waals surface area contributed by atoms with Crippen molar-refractivity contribution in [2.75, 3.05) is 25.1 Å². The van der Waals surface area contributed by atoms with Gasteiger partial charge in [-0.15, -0.1) is 0 Å². The molecule has 2 rings (SSSR count). The Kier molecular flexibility index (Phi) is 4.99. The van der Waals surface area contributed by atoms with Crippen LogP contribution in [0, 0.1) is 5.41 Å². The second kappa shape index (κ2) is 6.53. The fourth-order valence-electron chi connectivity index (χ4n) is 2.24. The number of ether oxygens (including phenoxy) is 1. The van der Waals surface area contributed by atoms with Crippen LogP contribution in [-0.4, -0.2) is 29.7 Å². The first-order valence-corrected chi connectivity index (χ1v) is 7.34. The topological polar surface area (TPSA) is 47.0 Å². The van der Waals surface area contributed by atoms with Crippen molar-refractivity contribution in [1.29, 1.82) is 0 Å². The number of nitrogens with one attached hydrogen (secondary N) is 1. The number of hydrogen-bond acceptors (Lipinski definition) is 4. The van der Waals surface area contributed by atoms with Gasteiger partial charge in [0.25, 0.3) is 0 Å². The van der Waals surface area contributed by atoms with E-state index < -0.39 is 0 Å². The lowest BCUT2D eigenvalue weighted by Crippen LogP contribution is -2.33. The Morgan fingerprint density at radius 2 is 2.11 bits per heavy atom. The molecule has 2 heterocycles. The Balaban J connectivity index is 1.98. The molecular formula is C14H22ClN3O. The highest BCUT2D eigenvalue weighted by Crippen LogP contribution is 2.29. The normalized spacial score (nSPS) is 18.3. The number of rotatable bonds is 5. The van der Waals surface area contributed by atoms with Crippen molar-refractivity contribution in [2.45, 2.75) is 39.5 Å². The molecule has 0 spiro atoms. The van der Waals surface area contributed by atoms with Gasteiger partial charge in [0.15, 0.2) is 0 Å². The van der Waals surface area contributed by atoms with Gasteiger partial charge in [-0.25, -0.2) is 9.97 Å². The van der Waals surface area contributed by atoms with E-state index in [0.717, 1.165) is 57.1 Å². The average Bonchev–Trinajstić information content (AvgIpc) is 2.37. The Bertz CT molecular complexity index is 419. The van der Waals surface area contributed by atoms with Gasteiger partial charge in [-0.1, -0.05) is 25.4 Å². The van der Waals surface area contributed by atoms with Crippen LogP contribution in [0.3, 0.4) is 0 Å². The molecule has 1 fully saturated rings. The minimum absolute atomic E-state index is 0.278. The first-order chi connectivity index (χ1) is 9.11. The third kappa shape index (κ3) is 4.32. The smallest absolute Gasteiger partial charge is 0.134 e. The SMILES string of the molecule is CCCc1nc(Cl)cc(NCC2(C)CCOCC2)n1. The lowest BCUT2D eigenvalue weighted by molar-refractivity contribution is 0.0299. The molecule has 0 bridgehead atoms. The van der Waals surface area contributed by atoms with Gasteiger partial charge in [-0.2, -0.15) is 0 Å². The Hall–Kier alpha value is -0.870. The van der Waals surface area contributed by atoms with Crippen LogP contribution in [0.4, 0.5) is 5.82 Å². The predicted molar refractivity (Wildman–Crippen MR) is 77.7 cm³/mol. The molecule has 1 N–H and O–H groups in total. The molecular weight excluding hydrogens is 262 g/mol. The molecule has 4 nitrogen and oxygen atoms in total. The van der Waals surface area contributed by atoms with E-state index in [1.807, 2.05) is 0 Å². The zero-order chi connectivity index (χ0) is 13.7. The molecule has 1 aliphatic heterocycles. The maximum absolute atomic E-state index is 6.03. The zero-order valence-corrected chi connectivity index (χ0v) is 12.5. The van der Waals surface area contributed by atoms with E-state index in [2.05, 4.69) is 29.1 Å². The summed E-state index contributed by atoms with van der Waals surface area (Å²) in [6.45, 7) is 7.00. The summed E-state index contributed by atoms with van der Waals surface area (Å²) in [5.41, 5.74) is 0.278. The van der Waals surface area contributed by atoms with E-state index in [1.54, 1.807) is 6.07 Å². The van der Waals surface area contributed by atoms with Crippen LogP contribution >= 0.6 is 11.6 Å². The molecule has 0 radical (unpaired) electrons. The second-order valence-corrected chi connectivity index (χ2v) is 5.91. The summed E-state index contributed by atoms with van der Waals surface area (Å²) in [7, 11) is 0. The Morgan fingerprint density at radius 1 is 1.37 bits per heavy atom. The fourth-order valence-corrected chi connectivity index (χ4v) is 2.44. The molecule has 0 saturated carbocycles. The molecule has 106 valence electrons. The fraction of sp³-hybridized carbons (Fsp3) is 0.714. The summed E-state index contributed by atoms with van der Waals surface area (Å²) in [5.74, 6) is 1.64. The van der Waals surface area contributed by atoms with Gasteiger partial charge in [0.1, 0.15) is 16.8 Å². The van der Waals surface area contributed by atoms with Gasteiger partial charge in [-0.05, 0) is 24.7 Å². The summed E-state index contributed by atoms with van der Waals surface area (Å²) in [5, 5.41) is 3.92. The van der Waals surface area contributed by atoms with E-state index in [1.165, 1.54) is 0 Å². The number of aryl methyl sites for hydroxylation is 1. The van der Waals surface area contributed by atoms with Gasteiger partial charge in [-0.3, -0.25) is 0 Å². The summed E-state index contributed by atoms with van der Waals surface area (Å²) in [6.07, 6.45) is 4.05. The average molecular weight is 284 g/mol. The van der Waals surface area contributed by atoms with E-state index in [-0.39, 0.29) is 5.41 Å². The van der Waals surface area contributed by atoms with Crippen molar-refractivity contribution >= 4 is 17.4 Å². The third-order valence-corrected chi connectivity index (χ3v) is 3.80. The van der Waals surface area contributed by atoms with Gasteiger partial charge < -0.3 is 10.1 Å². The minimum Gasteiger partial charge on any atom is -0.381 e. The molecule has 1 aromatic rings. The Morgan fingerprint density at radius 3 is 2.79 bits per heavy atom. The number of halogens is 1. The summed E-state index contributed by atoms with van der Waals surface area (Å²) < 4.78 is 5.41. The van der Waals surface area contributed by atoms with Crippen molar-refractivity contribution in [2.24, 2.45) is 5.41 Å². The molecule has 1 aliphatic rings. The largest absolute Gasteiger partial charge is 0.381 e. The maximum atomic E-state index is 6.03. The minimum atomic E-state index is 0.278. The predicted octanol–water partition coefficient (Wildman–Crippen LogP) is 3.31. The molecule has 0 unspecified atom stereocenters. The molecule has 0 amide bonds. The molecule has 1 saturated heterocycles. The summed E-state index contributed by atoms with van der Waals surface area (Å²) in [4.78, 5) is 8.73. The van der Waals surface area contributed by atoms with E-state index in [9.17, 15) is 0 Å². The highest BCUT2D eigenvalue weighted by atomic mass is 35.5. The van der Waals surface area contributed by atoms with E-state index in [4.69, 9.17) is 16.3 Å². The molecule has 5 heteroatoms. The molecule has 0 aliphatic carbocycles. The van der Waals surface area contributed by atoms with Crippen LogP contribution in [0.25, 0.3) is 0 Å².